The molecule has 0 spiro atoms. The highest BCUT2D eigenvalue weighted by atomic mass is 15.1. The van der Waals surface area contributed by atoms with Crippen LogP contribution in [0.3, 0.4) is 0 Å². The lowest BCUT2D eigenvalue weighted by molar-refractivity contribution is 0.226. The van der Waals surface area contributed by atoms with E-state index in [9.17, 15) is 0 Å². The molecule has 0 saturated carbocycles. The minimum atomic E-state index is 0.566. The molecule has 92 valence electrons. The maximum absolute atomic E-state index is 4.87. The Morgan fingerprint density at radius 3 is 2.65 bits per heavy atom. The van der Waals surface area contributed by atoms with Crippen LogP contribution in [0.4, 0.5) is 5.69 Å². The monoisotopic (exact) mass is 230 g/mol. The Balaban J connectivity index is 2.25. The lowest BCUT2D eigenvalue weighted by Gasteiger charge is -2.34. The van der Waals surface area contributed by atoms with Crippen LogP contribution in [0.25, 0.3) is 0 Å². The lowest BCUT2D eigenvalue weighted by atomic mass is 9.93. The normalized spacial score (nSPS) is 28.6. The van der Waals surface area contributed by atoms with Gasteiger partial charge in [0.1, 0.15) is 0 Å². The molecule has 0 bridgehead atoms. The van der Waals surface area contributed by atoms with E-state index in [1.807, 2.05) is 0 Å². The second-order valence-corrected chi connectivity index (χ2v) is 5.28. The Morgan fingerprint density at radius 1 is 1.24 bits per heavy atom. The number of piperidine rings is 1. The number of hydrogen-bond acceptors (Lipinski definition) is 2. The molecule has 1 heterocycles. The van der Waals surface area contributed by atoms with Crippen LogP contribution >= 0.6 is 0 Å². The van der Waals surface area contributed by atoms with Crippen molar-refractivity contribution in [3.8, 4) is 0 Å². The summed E-state index contributed by atoms with van der Waals surface area (Å²) in [4.78, 5) is 7.29. The van der Waals surface area contributed by atoms with Crippen molar-refractivity contribution < 1.29 is 0 Å². The fraction of sp³-hybridized carbons (Fsp3) is 0.533. The Hall–Kier alpha value is -1.15. The first-order valence-corrected chi connectivity index (χ1v) is 6.41. The van der Waals surface area contributed by atoms with Crippen LogP contribution in [0, 0.1) is 12.8 Å². The summed E-state index contributed by atoms with van der Waals surface area (Å²) in [6, 6.07) is 8.98. The fourth-order valence-electron chi connectivity index (χ4n) is 2.38. The van der Waals surface area contributed by atoms with E-state index < -0.39 is 0 Å². The van der Waals surface area contributed by atoms with Gasteiger partial charge in [0, 0.05) is 30.6 Å². The lowest BCUT2D eigenvalue weighted by Crippen LogP contribution is -2.42. The Labute approximate surface area is 104 Å². The van der Waals surface area contributed by atoms with Crippen LogP contribution < -0.4 is 0 Å². The van der Waals surface area contributed by atoms with Gasteiger partial charge in [0.25, 0.3) is 0 Å². The average molecular weight is 230 g/mol. The van der Waals surface area contributed by atoms with Gasteiger partial charge in [0.05, 0.1) is 5.69 Å². The molecule has 2 rings (SSSR count). The van der Waals surface area contributed by atoms with Crippen LogP contribution in [0.15, 0.2) is 29.3 Å². The first kappa shape index (κ1) is 12.3. The van der Waals surface area contributed by atoms with Gasteiger partial charge in [0.15, 0.2) is 0 Å². The summed E-state index contributed by atoms with van der Waals surface area (Å²) in [6.07, 6.45) is 1.09. The Morgan fingerprint density at radius 2 is 1.94 bits per heavy atom. The van der Waals surface area contributed by atoms with Gasteiger partial charge in [-0.3, -0.25) is 4.99 Å². The van der Waals surface area contributed by atoms with Crippen LogP contribution in [0.5, 0.6) is 0 Å². The molecule has 0 unspecified atom stereocenters. The van der Waals surface area contributed by atoms with Crippen molar-refractivity contribution in [2.75, 3.05) is 13.6 Å². The summed E-state index contributed by atoms with van der Waals surface area (Å²) in [5, 5.41) is 0. The number of rotatable bonds is 1. The van der Waals surface area contributed by atoms with Gasteiger partial charge in [-0.05, 0) is 32.5 Å². The van der Waals surface area contributed by atoms with E-state index in [4.69, 9.17) is 4.99 Å². The van der Waals surface area contributed by atoms with E-state index in [0.717, 1.165) is 18.7 Å². The molecule has 1 fully saturated rings. The molecule has 0 N–H and O–H groups in total. The third-order valence-corrected chi connectivity index (χ3v) is 3.77. The van der Waals surface area contributed by atoms with Crippen LogP contribution in [0.1, 0.15) is 25.8 Å². The molecule has 2 heteroatoms. The van der Waals surface area contributed by atoms with E-state index in [1.165, 1.54) is 11.3 Å². The second kappa shape index (κ2) is 5.01. The second-order valence-electron chi connectivity index (χ2n) is 5.28. The van der Waals surface area contributed by atoms with Crippen LogP contribution in [0.2, 0.25) is 0 Å². The van der Waals surface area contributed by atoms with E-state index in [2.05, 4.69) is 57.0 Å². The summed E-state index contributed by atoms with van der Waals surface area (Å²) >= 11 is 0. The SMILES string of the molecule is Cc1ccccc1N=C1C[C@H](C)N(C)C[C@@H]1C. The topological polar surface area (TPSA) is 15.6 Å². The number of hydrogen-bond donors (Lipinski definition) is 0. The number of likely N-dealkylation sites (tertiary alicyclic amines) is 1. The molecule has 1 aromatic rings. The minimum Gasteiger partial charge on any atom is -0.303 e. The molecule has 2 nitrogen and oxygen atoms in total. The molecule has 0 amide bonds. The van der Waals surface area contributed by atoms with Crippen LogP contribution in [-0.4, -0.2) is 30.2 Å². The number of aryl methyl sites for hydroxylation is 1. The van der Waals surface area contributed by atoms with Crippen molar-refractivity contribution >= 4 is 11.4 Å². The summed E-state index contributed by atoms with van der Waals surface area (Å²) in [5.41, 5.74) is 3.75. The van der Waals surface area contributed by atoms with Gasteiger partial charge >= 0.3 is 0 Å². The van der Waals surface area contributed by atoms with E-state index in [-0.39, 0.29) is 0 Å². The Kier molecular flexibility index (Phi) is 3.63. The number of nitrogens with zero attached hydrogens (tertiary/aromatic N) is 2. The zero-order valence-electron chi connectivity index (χ0n) is 11.3. The van der Waals surface area contributed by atoms with Gasteiger partial charge in [-0.25, -0.2) is 0 Å². The highest BCUT2D eigenvalue weighted by molar-refractivity contribution is 5.90. The molecule has 2 atom stereocenters. The van der Waals surface area contributed by atoms with Gasteiger partial charge in [-0.2, -0.15) is 0 Å². The quantitative estimate of drug-likeness (QED) is 0.721. The molecular formula is C15H22N2. The predicted molar refractivity (Wildman–Crippen MR) is 74.1 cm³/mol. The number of benzene rings is 1. The van der Waals surface area contributed by atoms with Gasteiger partial charge in [0.2, 0.25) is 0 Å². The fourth-order valence-corrected chi connectivity index (χ4v) is 2.38. The van der Waals surface area contributed by atoms with Crippen LogP contribution in [-0.2, 0) is 0 Å². The largest absolute Gasteiger partial charge is 0.303 e. The molecule has 1 aromatic carbocycles. The van der Waals surface area contributed by atoms with Gasteiger partial charge in [-0.1, -0.05) is 25.1 Å². The van der Waals surface area contributed by atoms with E-state index >= 15 is 0 Å². The van der Waals surface area contributed by atoms with Crippen molar-refractivity contribution in [3.05, 3.63) is 29.8 Å². The highest BCUT2D eigenvalue weighted by Gasteiger charge is 2.25. The zero-order valence-corrected chi connectivity index (χ0v) is 11.3. The molecular weight excluding hydrogens is 208 g/mol. The van der Waals surface area contributed by atoms with E-state index in [0.29, 0.717) is 12.0 Å². The molecule has 0 radical (unpaired) electrons. The van der Waals surface area contributed by atoms with Gasteiger partial charge in [-0.15, -0.1) is 0 Å². The number of para-hydroxylation sites is 1. The molecule has 1 aliphatic rings. The maximum atomic E-state index is 4.87. The summed E-state index contributed by atoms with van der Waals surface area (Å²) in [7, 11) is 2.20. The van der Waals surface area contributed by atoms with E-state index in [1.54, 1.807) is 0 Å². The molecule has 0 aromatic heterocycles. The first-order chi connectivity index (χ1) is 8.08. The average Bonchev–Trinajstić information content (AvgIpc) is 2.29. The predicted octanol–water partition coefficient (Wildman–Crippen LogP) is 3.43. The van der Waals surface area contributed by atoms with Gasteiger partial charge < -0.3 is 4.90 Å². The van der Waals surface area contributed by atoms with Crippen molar-refractivity contribution in [1.29, 1.82) is 0 Å². The van der Waals surface area contributed by atoms with Crippen molar-refractivity contribution in [2.24, 2.45) is 10.9 Å². The number of aliphatic imine (C=N–C) groups is 1. The minimum absolute atomic E-state index is 0.566. The third-order valence-electron chi connectivity index (χ3n) is 3.77. The van der Waals surface area contributed by atoms with Crippen molar-refractivity contribution in [2.45, 2.75) is 33.2 Å². The van der Waals surface area contributed by atoms with Crippen molar-refractivity contribution in [1.82, 2.24) is 4.90 Å². The molecule has 0 aliphatic carbocycles. The first-order valence-electron chi connectivity index (χ1n) is 6.41. The maximum Gasteiger partial charge on any atom is 0.0658 e. The summed E-state index contributed by atoms with van der Waals surface area (Å²) in [5.74, 6) is 0.566. The smallest absolute Gasteiger partial charge is 0.0658 e. The summed E-state index contributed by atoms with van der Waals surface area (Å²) < 4.78 is 0. The third kappa shape index (κ3) is 2.75. The molecule has 1 saturated heterocycles. The Bertz CT molecular complexity index is 423. The summed E-state index contributed by atoms with van der Waals surface area (Å²) in [6.45, 7) is 7.80. The zero-order chi connectivity index (χ0) is 12.4. The highest BCUT2D eigenvalue weighted by Crippen LogP contribution is 2.24. The standard InChI is InChI=1S/C15H22N2/c1-11-7-5-6-8-14(11)16-15-9-13(3)17(4)10-12(15)2/h5-8,12-13H,9-10H2,1-4H3/t12-,13-/m0/s1. The molecule has 17 heavy (non-hydrogen) atoms. The molecule has 1 aliphatic heterocycles. The van der Waals surface area contributed by atoms with Crippen molar-refractivity contribution in [3.63, 3.8) is 0 Å².